The van der Waals surface area contributed by atoms with Crippen LogP contribution in [0.5, 0.6) is 0 Å². The molecule has 37 heavy (non-hydrogen) atoms. The van der Waals surface area contributed by atoms with Gasteiger partial charge >= 0.3 is 11.8 Å². The Labute approximate surface area is 214 Å². The third-order valence-electron chi connectivity index (χ3n) is 6.74. The second-order valence-electron chi connectivity index (χ2n) is 9.24. The first-order chi connectivity index (χ1) is 18.1. The molecular weight excluding hydrogens is 464 g/mol. The molecule has 0 spiro atoms. The van der Waals surface area contributed by atoms with Gasteiger partial charge in [-0.2, -0.15) is 5.10 Å². The number of carbonyl (C=O) groups excluding carboxylic acids is 3. The molecule has 1 saturated carbocycles. The van der Waals surface area contributed by atoms with Gasteiger partial charge in [0.2, 0.25) is 0 Å². The highest BCUT2D eigenvalue weighted by Crippen LogP contribution is 2.27. The summed E-state index contributed by atoms with van der Waals surface area (Å²) in [5.74, 6) is -2.09. The first kappa shape index (κ1) is 24.2. The van der Waals surface area contributed by atoms with Crippen LogP contribution in [-0.4, -0.2) is 30.0 Å². The zero-order chi connectivity index (χ0) is 25.6. The van der Waals surface area contributed by atoms with E-state index in [0.717, 1.165) is 52.8 Å². The average molecular weight is 493 g/mol. The maximum Gasteiger partial charge on any atom is 0.329 e. The quantitative estimate of drug-likeness (QED) is 0.156. The molecule has 3 N–H and O–H groups in total. The van der Waals surface area contributed by atoms with Gasteiger partial charge in [-0.25, -0.2) is 5.43 Å². The average Bonchev–Trinajstić information content (AvgIpc) is 2.93. The zero-order valence-corrected chi connectivity index (χ0v) is 20.4. The Morgan fingerprint density at radius 2 is 1.38 bits per heavy atom. The van der Waals surface area contributed by atoms with Gasteiger partial charge in [0.05, 0.1) is 17.5 Å². The van der Waals surface area contributed by atoms with E-state index in [-0.39, 0.29) is 17.6 Å². The number of hydrazone groups is 1. The normalized spacial score (nSPS) is 14.1. The van der Waals surface area contributed by atoms with Crippen LogP contribution in [0, 0.1) is 0 Å². The number of nitrogens with zero attached hydrogens (tertiary/aromatic N) is 1. The number of rotatable bonds is 5. The number of hydrogen-bond acceptors (Lipinski definition) is 4. The number of nitrogens with one attached hydrogen (secondary N) is 3. The highest BCUT2D eigenvalue weighted by molar-refractivity contribution is 6.40. The first-order valence-electron chi connectivity index (χ1n) is 12.5. The van der Waals surface area contributed by atoms with E-state index in [1.54, 1.807) is 30.5 Å². The molecule has 186 valence electrons. The van der Waals surface area contributed by atoms with Gasteiger partial charge < -0.3 is 10.6 Å². The summed E-state index contributed by atoms with van der Waals surface area (Å²) in [5, 5.41) is 13.7. The van der Waals surface area contributed by atoms with Crippen LogP contribution in [0.15, 0.2) is 84.0 Å². The summed E-state index contributed by atoms with van der Waals surface area (Å²) >= 11 is 0. The molecule has 0 unspecified atom stereocenters. The summed E-state index contributed by atoms with van der Waals surface area (Å²) in [4.78, 5) is 38.0. The van der Waals surface area contributed by atoms with Crippen molar-refractivity contribution in [1.29, 1.82) is 0 Å². The standard InChI is InChI=1S/C30H28N4O3/c35-28(32-22-12-2-1-3-13-22)25-16-8-9-17-27(25)33-29(36)30(37)34-31-19-26-23-14-6-4-10-20(23)18-21-11-5-7-15-24(21)26/h4-11,14-19,22H,1-3,12-13H2,(H,32,35)(H,33,36)(H,34,37)/b31-19+. The van der Waals surface area contributed by atoms with Crippen molar-refractivity contribution in [1.82, 2.24) is 10.7 Å². The van der Waals surface area contributed by atoms with Gasteiger partial charge in [-0.05, 0) is 52.6 Å². The number of anilines is 1. The molecule has 1 aliphatic carbocycles. The Morgan fingerprint density at radius 3 is 2.08 bits per heavy atom. The van der Waals surface area contributed by atoms with E-state index in [2.05, 4.69) is 27.2 Å². The first-order valence-corrected chi connectivity index (χ1v) is 12.5. The molecule has 7 nitrogen and oxygen atoms in total. The predicted molar refractivity (Wildman–Crippen MR) is 147 cm³/mol. The van der Waals surface area contributed by atoms with Crippen LogP contribution < -0.4 is 16.1 Å². The van der Waals surface area contributed by atoms with Crippen molar-refractivity contribution in [3.05, 3.63) is 90.0 Å². The molecular formula is C30H28N4O3. The van der Waals surface area contributed by atoms with Gasteiger partial charge in [-0.3, -0.25) is 14.4 Å². The fourth-order valence-corrected chi connectivity index (χ4v) is 4.87. The Morgan fingerprint density at radius 1 is 0.757 bits per heavy atom. The van der Waals surface area contributed by atoms with Crippen molar-refractivity contribution in [3.8, 4) is 0 Å². The van der Waals surface area contributed by atoms with Gasteiger partial charge in [0, 0.05) is 11.6 Å². The molecule has 0 atom stereocenters. The third kappa shape index (κ3) is 5.51. The van der Waals surface area contributed by atoms with Crippen LogP contribution in [0.4, 0.5) is 5.69 Å². The lowest BCUT2D eigenvalue weighted by atomic mass is 9.95. The summed E-state index contributed by atoms with van der Waals surface area (Å²) in [7, 11) is 0. The zero-order valence-electron chi connectivity index (χ0n) is 20.4. The van der Waals surface area contributed by atoms with Gasteiger partial charge in [0.1, 0.15) is 0 Å². The van der Waals surface area contributed by atoms with Crippen LogP contribution in [0.3, 0.4) is 0 Å². The van der Waals surface area contributed by atoms with Gasteiger partial charge in [0.25, 0.3) is 5.91 Å². The minimum atomic E-state index is -0.928. The smallest absolute Gasteiger partial charge is 0.329 e. The van der Waals surface area contributed by atoms with Crippen molar-refractivity contribution in [2.24, 2.45) is 5.10 Å². The monoisotopic (exact) mass is 492 g/mol. The Bertz CT molecular complexity index is 1450. The van der Waals surface area contributed by atoms with Gasteiger partial charge in [-0.15, -0.1) is 0 Å². The van der Waals surface area contributed by atoms with E-state index in [9.17, 15) is 14.4 Å². The molecule has 1 aliphatic rings. The molecule has 4 aromatic carbocycles. The fourth-order valence-electron chi connectivity index (χ4n) is 4.87. The second kappa shape index (κ2) is 11.0. The summed E-state index contributed by atoms with van der Waals surface area (Å²) in [6.45, 7) is 0. The number of amides is 3. The Hall–Kier alpha value is -4.52. The SMILES string of the molecule is O=C(N/N=C/c1c2ccccc2cc2ccccc12)C(=O)Nc1ccccc1C(=O)NC1CCCCC1. The highest BCUT2D eigenvalue weighted by Gasteiger charge is 2.21. The summed E-state index contributed by atoms with van der Waals surface area (Å²) < 4.78 is 0. The molecule has 5 rings (SSSR count). The Balaban J connectivity index is 1.29. The minimum Gasteiger partial charge on any atom is -0.349 e. The predicted octanol–water partition coefficient (Wildman–Crippen LogP) is 5.14. The number of para-hydroxylation sites is 1. The molecule has 0 bridgehead atoms. The molecule has 0 saturated heterocycles. The molecule has 0 radical (unpaired) electrons. The lowest BCUT2D eigenvalue weighted by molar-refractivity contribution is -0.136. The lowest BCUT2D eigenvalue weighted by Crippen LogP contribution is -2.37. The maximum absolute atomic E-state index is 12.8. The van der Waals surface area contributed by atoms with Crippen molar-refractivity contribution < 1.29 is 14.4 Å². The molecule has 0 heterocycles. The lowest BCUT2D eigenvalue weighted by Gasteiger charge is -2.23. The van der Waals surface area contributed by atoms with Crippen molar-refractivity contribution in [2.45, 2.75) is 38.1 Å². The summed E-state index contributed by atoms with van der Waals surface area (Å²) in [6.07, 6.45) is 6.84. The Kier molecular flexibility index (Phi) is 7.21. The largest absolute Gasteiger partial charge is 0.349 e. The highest BCUT2D eigenvalue weighted by atomic mass is 16.2. The molecule has 1 fully saturated rings. The van der Waals surface area contributed by atoms with Crippen molar-refractivity contribution in [3.63, 3.8) is 0 Å². The van der Waals surface area contributed by atoms with Crippen LogP contribution in [0.2, 0.25) is 0 Å². The molecule has 0 aliphatic heterocycles. The van der Waals surface area contributed by atoms with E-state index >= 15 is 0 Å². The minimum absolute atomic E-state index is 0.132. The number of fused-ring (bicyclic) bond motifs is 2. The topological polar surface area (TPSA) is 99.7 Å². The molecule has 7 heteroatoms. The van der Waals surface area contributed by atoms with E-state index in [0.29, 0.717) is 5.56 Å². The third-order valence-corrected chi connectivity index (χ3v) is 6.74. The maximum atomic E-state index is 12.8. The van der Waals surface area contributed by atoms with E-state index in [4.69, 9.17) is 0 Å². The molecule has 0 aromatic heterocycles. The van der Waals surface area contributed by atoms with E-state index < -0.39 is 11.8 Å². The molecule has 3 amide bonds. The van der Waals surface area contributed by atoms with Gasteiger partial charge in [0.15, 0.2) is 0 Å². The number of benzene rings is 4. The van der Waals surface area contributed by atoms with E-state index in [1.165, 1.54) is 6.42 Å². The van der Waals surface area contributed by atoms with E-state index in [1.807, 2.05) is 48.5 Å². The number of hydrogen-bond donors (Lipinski definition) is 3. The number of carbonyl (C=O) groups is 3. The summed E-state index contributed by atoms with van der Waals surface area (Å²) in [6, 6.07) is 24.8. The fraction of sp³-hybridized carbons (Fsp3) is 0.200. The van der Waals surface area contributed by atoms with Crippen molar-refractivity contribution >= 4 is 51.2 Å². The van der Waals surface area contributed by atoms with Crippen LogP contribution in [0.1, 0.15) is 48.0 Å². The summed E-state index contributed by atoms with van der Waals surface area (Å²) in [5.41, 5.74) is 3.76. The van der Waals surface area contributed by atoms with Crippen LogP contribution in [-0.2, 0) is 9.59 Å². The second-order valence-corrected chi connectivity index (χ2v) is 9.24. The van der Waals surface area contributed by atoms with Crippen LogP contribution >= 0.6 is 0 Å². The van der Waals surface area contributed by atoms with Crippen molar-refractivity contribution in [2.75, 3.05) is 5.32 Å². The van der Waals surface area contributed by atoms with Crippen LogP contribution in [0.25, 0.3) is 21.5 Å². The van der Waals surface area contributed by atoms with Gasteiger partial charge in [-0.1, -0.05) is 79.9 Å². The molecule has 4 aromatic rings.